The second kappa shape index (κ2) is 34.4. The number of thioether (sulfide) groups is 1. The number of nitrogens with one attached hydrogen (secondary N) is 4. The van der Waals surface area contributed by atoms with E-state index >= 15 is 0 Å². The summed E-state index contributed by atoms with van der Waals surface area (Å²) in [5.74, 6) is -1.89. The maximum atomic E-state index is 14.4. The zero-order chi connectivity index (χ0) is 75.7. The van der Waals surface area contributed by atoms with Crippen LogP contribution in [-0.2, 0) is 43.8 Å². The first-order chi connectivity index (χ1) is 50.4. The number of allylic oxidation sites excluding steroid dienone is 1. The van der Waals surface area contributed by atoms with Gasteiger partial charge in [-0.15, -0.1) is 23.1 Å². The molecule has 0 saturated carbocycles. The maximum Gasteiger partial charge on any atom is 0.501 e. The van der Waals surface area contributed by atoms with Crippen molar-refractivity contribution in [3.05, 3.63) is 160 Å². The van der Waals surface area contributed by atoms with Gasteiger partial charge in [-0.25, -0.2) is 26.5 Å². The van der Waals surface area contributed by atoms with E-state index in [9.17, 15) is 59.1 Å². The zero-order valence-corrected chi connectivity index (χ0v) is 64.4. The van der Waals surface area contributed by atoms with E-state index in [1.807, 2.05) is 111 Å². The number of amides is 5. The number of aliphatic hydroxyl groups excluding tert-OH is 1. The van der Waals surface area contributed by atoms with Crippen LogP contribution in [0.25, 0.3) is 16.0 Å². The van der Waals surface area contributed by atoms with Gasteiger partial charge < -0.3 is 40.5 Å². The Morgan fingerprint density at radius 3 is 2.17 bits per heavy atom. The van der Waals surface area contributed by atoms with Gasteiger partial charge in [0.2, 0.25) is 23.6 Å². The fraction of sp³-hybridized carbons (Fsp3) is 0.481. The van der Waals surface area contributed by atoms with Crippen molar-refractivity contribution in [1.82, 2.24) is 39.9 Å². The molecular weight excluding hydrogens is 1460 g/mol. The lowest BCUT2D eigenvalue weighted by molar-refractivity contribution is -0.144. The van der Waals surface area contributed by atoms with Gasteiger partial charge in [-0.3, -0.25) is 33.8 Å². The number of likely N-dealkylation sites (tertiary alicyclic amines) is 2. The number of sulfonamides is 1. The minimum absolute atomic E-state index is 0.0301. The summed E-state index contributed by atoms with van der Waals surface area (Å²) < 4.78 is 105. The fourth-order valence-electron chi connectivity index (χ4n) is 14.8. The number of alkyl halides is 3. The van der Waals surface area contributed by atoms with E-state index in [1.54, 1.807) is 29.0 Å². The largest absolute Gasteiger partial charge is 0.501 e. The Kier molecular flexibility index (Phi) is 25.9. The van der Waals surface area contributed by atoms with Crippen LogP contribution in [0.4, 0.5) is 24.5 Å². The molecule has 0 bridgehead atoms. The Balaban J connectivity index is 0.660. The number of ether oxygens (including phenoxy) is 1. The number of thiazole rings is 1. The smallest absolute Gasteiger partial charge is 0.391 e. The van der Waals surface area contributed by atoms with Crippen molar-refractivity contribution in [2.24, 2.45) is 10.8 Å². The van der Waals surface area contributed by atoms with Crippen LogP contribution in [0.3, 0.4) is 0 Å². The standard InChI is InChI=1S/C77H94ClF3N10O11S4/c1-51(53-15-17-55(18-16-53)70-52(2)82-50-104-70)83-73(96)66-43-61(92)47-91(66)74(97)71(75(3,4)5)85-68(93)13-9-10-14-69(94)90-34-32-76(49-90)31-29-64(54-19-23-58(78)24-20-54)57(45-76)46-88-35-37-89(38-36-88)60-25-21-56(22-26-60)72(95)86-106(100,101)63-27-28-65(67(44-63)105(98,99)77(79,80)81)84-59(30-33-87-39-41-102-42-40-87)48-103-62-11-7-6-8-12-62/h6-8,11-12,15-28,44,50-51,59,61,66,71,84,92H,9-10,13-14,29-43,45-49H2,1-5H3,(H,83,96)(H,85,93)(H,86,95)/t51-,59+,61+,66-,71+,76?/m0/s1. The molecule has 5 amide bonds. The second-order valence-corrected chi connectivity index (χ2v) is 35.5. The Hall–Kier alpha value is -7.41. The molecule has 106 heavy (non-hydrogen) atoms. The first-order valence-corrected chi connectivity index (χ1v) is 41.3. The minimum Gasteiger partial charge on any atom is -0.391 e. The summed E-state index contributed by atoms with van der Waals surface area (Å²) in [5, 5.41) is 20.4. The molecule has 570 valence electrons. The number of rotatable bonds is 27. The molecule has 4 aliphatic heterocycles. The molecule has 1 aliphatic carbocycles. The van der Waals surface area contributed by atoms with Gasteiger partial charge >= 0.3 is 5.51 Å². The number of benzene rings is 5. The second-order valence-electron chi connectivity index (χ2n) is 29.5. The van der Waals surface area contributed by atoms with Gasteiger partial charge in [-0.05, 0) is 159 Å². The molecular formula is C77H94ClF3N10O11S4. The van der Waals surface area contributed by atoms with E-state index in [2.05, 4.69) is 47.8 Å². The number of unbranched alkanes of at least 4 members (excludes halogenated alkanes) is 1. The zero-order valence-electron chi connectivity index (χ0n) is 60.3. The third kappa shape index (κ3) is 19.9. The normalized spacial score (nSPS) is 20.2. The third-order valence-corrected chi connectivity index (χ3v) is 26.1. The molecule has 11 rings (SSSR count). The van der Waals surface area contributed by atoms with E-state index in [-0.39, 0.29) is 54.6 Å². The molecule has 1 spiro atoms. The summed E-state index contributed by atoms with van der Waals surface area (Å²) in [6.07, 6.45) is 4.15. The average Bonchev–Trinajstić information content (AvgIpc) is 1.08. The number of aliphatic hydroxyl groups is 1. The van der Waals surface area contributed by atoms with Crippen LogP contribution in [0, 0.1) is 17.8 Å². The molecule has 5 aliphatic rings. The number of hydrogen-bond donors (Lipinski definition) is 5. The summed E-state index contributed by atoms with van der Waals surface area (Å²) in [6, 6.07) is 30.9. The molecule has 5 aromatic carbocycles. The van der Waals surface area contributed by atoms with Crippen molar-refractivity contribution in [3.8, 4) is 10.4 Å². The number of β-amino-alcohol motifs (C(OH)–C–C–N with tert-alkyl or cyclic N) is 1. The molecule has 5 heterocycles. The van der Waals surface area contributed by atoms with Crippen molar-refractivity contribution < 1.29 is 63.8 Å². The predicted octanol–water partition coefficient (Wildman–Crippen LogP) is 11.4. The molecule has 6 atom stereocenters. The van der Waals surface area contributed by atoms with E-state index < -0.39 is 88.2 Å². The van der Waals surface area contributed by atoms with Gasteiger partial charge in [-0.1, -0.05) is 92.5 Å². The van der Waals surface area contributed by atoms with Crippen LogP contribution < -0.4 is 25.6 Å². The summed E-state index contributed by atoms with van der Waals surface area (Å²) in [6.45, 7) is 16.8. The van der Waals surface area contributed by atoms with Crippen molar-refractivity contribution in [2.45, 2.75) is 149 Å². The number of aryl methyl sites for hydroxylation is 1. The van der Waals surface area contributed by atoms with Crippen LogP contribution in [0.15, 0.2) is 147 Å². The number of carbonyl (C=O) groups excluding carboxylic acids is 5. The number of halogens is 4. The van der Waals surface area contributed by atoms with Crippen LogP contribution in [-0.4, -0.2) is 197 Å². The highest BCUT2D eigenvalue weighted by atomic mass is 35.5. The number of aromatic nitrogens is 1. The van der Waals surface area contributed by atoms with Gasteiger partial charge in [0.15, 0.2) is 0 Å². The predicted molar refractivity (Wildman–Crippen MR) is 407 cm³/mol. The van der Waals surface area contributed by atoms with Crippen molar-refractivity contribution in [3.63, 3.8) is 0 Å². The first kappa shape index (κ1) is 79.6. The number of carbonyl (C=O) groups is 5. The number of sulfone groups is 1. The van der Waals surface area contributed by atoms with Gasteiger partial charge in [0.1, 0.15) is 17.0 Å². The summed E-state index contributed by atoms with van der Waals surface area (Å²) in [4.78, 5) is 83.8. The van der Waals surface area contributed by atoms with Crippen LogP contribution >= 0.6 is 34.7 Å². The van der Waals surface area contributed by atoms with Crippen molar-refractivity contribution in [1.29, 1.82) is 0 Å². The molecule has 5 N–H and O–H groups in total. The molecule has 1 unspecified atom stereocenters. The molecule has 0 radical (unpaired) electrons. The lowest BCUT2D eigenvalue weighted by atomic mass is 9.69. The van der Waals surface area contributed by atoms with Gasteiger partial charge in [0.05, 0.1) is 52.0 Å². The maximum absolute atomic E-state index is 14.4. The minimum atomic E-state index is -6.12. The Morgan fingerprint density at radius 1 is 0.811 bits per heavy atom. The highest BCUT2D eigenvalue weighted by Crippen LogP contribution is 2.49. The van der Waals surface area contributed by atoms with E-state index in [0.717, 1.165) is 75.7 Å². The van der Waals surface area contributed by atoms with Gasteiger partial charge in [0.25, 0.3) is 25.8 Å². The summed E-state index contributed by atoms with van der Waals surface area (Å²) in [5.41, 5.74) is 1.95. The summed E-state index contributed by atoms with van der Waals surface area (Å²) >= 11 is 9.37. The number of anilines is 2. The van der Waals surface area contributed by atoms with Crippen LogP contribution in [0.5, 0.6) is 0 Å². The molecule has 21 nitrogen and oxygen atoms in total. The number of piperazine rings is 1. The topological polar surface area (TPSA) is 260 Å². The quantitative estimate of drug-likeness (QED) is 0.0237. The molecule has 4 fully saturated rings. The Labute approximate surface area is 632 Å². The van der Waals surface area contributed by atoms with Crippen LogP contribution in [0.2, 0.25) is 5.02 Å². The molecule has 6 aromatic rings. The van der Waals surface area contributed by atoms with Crippen LogP contribution in [0.1, 0.15) is 125 Å². The molecule has 4 saturated heterocycles. The van der Waals surface area contributed by atoms with E-state index in [4.69, 9.17) is 16.3 Å². The third-order valence-electron chi connectivity index (χ3n) is 20.8. The monoisotopic (exact) mass is 1550 g/mol. The number of morpholine rings is 1. The first-order valence-electron chi connectivity index (χ1n) is 36.1. The van der Waals surface area contributed by atoms with Gasteiger partial charge in [-0.2, -0.15) is 13.2 Å². The Morgan fingerprint density at radius 2 is 1.50 bits per heavy atom. The highest BCUT2D eigenvalue weighted by Gasteiger charge is 2.50. The summed E-state index contributed by atoms with van der Waals surface area (Å²) in [7, 11) is -11.0. The molecule has 29 heteroatoms. The van der Waals surface area contributed by atoms with E-state index in [1.165, 1.54) is 39.9 Å². The van der Waals surface area contributed by atoms with Crippen molar-refractivity contribution >= 4 is 101 Å². The van der Waals surface area contributed by atoms with E-state index in [0.29, 0.717) is 115 Å². The number of hydrogen-bond acceptors (Lipinski definition) is 18. The SMILES string of the molecule is Cc1ncsc1-c1ccc([C@H](C)NC(=O)[C@@H]2C[C@@H](O)CN2C(=O)[C@@H](NC(=O)CCCCC(=O)N2CCC3(CCC(c4ccc(Cl)cc4)=C(CN4CCN(c5ccc(C(=O)NS(=O)(=O)c6ccc(N[C@H](CCN7CCOCC7)CSc7ccccc7)c(S(=O)(=O)C(F)(F)F)c6)cc5)CC4)C3)C2)C(C)(C)C)cc1. The number of nitrogens with zero attached hydrogens (tertiary/aromatic N) is 6. The average molecular weight is 1560 g/mol. The Bertz CT molecular complexity index is 4370. The van der Waals surface area contributed by atoms with Crippen molar-refractivity contribution in [2.75, 3.05) is 101 Å². The van der Waals surface area contributed by atoms with Gasteiger partial charge in [0, 0.05) is 124 Å². The fourth-order valence-corrected chi connectivity index (χ4v) is 18.7. The molecule has 1 aromatic heterocycles. The lowest BCUT2D eigenvalue weighted by Crippen LogP contribution is -2.57. The highest BCUT2D eigenvalue weighted by molar-refractivity contribution is 7.99. The lowest BCUT2D eigenvalue weighted by Gasteiger charge is -2.40.